The first-order chi connectivity index (χ1) is 17.2. The predicted molar refractivity (Wildman–Crippen MR) is 143 cm³/mol. The molecule has 184 valence electrons. The Morgan fingerprint density at radius 1 is 1.06 bits per heavy atom. The second kappa shape index (κ2) is 9.74. The van der Waals surface area contributed by atoms with Gasteiger partial charge in [-0.3, -0.25) is 4.79 Å². The molecule has 4 heterocycles. The number of rotatable bonds is 7. The molecule has 0 bridgehead atoms. The zero-order valence-corrected chi connectivity index (χ0v) is 21.0. The predicted octanol–water partition coefficient (Wildman–Crippen LogP) is 4.62. The molecule has 3 unspecified atom stereocenters. The standard InChI is InChI=1S/C29H35N3O2S/c30-27(21-9-14-32(15-10-21)24-11-16-35-17-12-24)29(26-19-34-26,23-4-2-1-3-5-23)28(33)22-7-6-20-8-13-31-25(20)18-22/h1-8,13,18,21,24,26-27,31H,9-12,14-17,19,30H2. The second-order valence-electron chi connectivity index (χ2n) is 10.4. The Morgan fingerprint density at radius 3 is 2.51 bits per heavy atom. The molecule has 0 spiro atoms. The van der Waals surface area contributed by atoms with Crippen molar-refractivity contribution in [2.75, 3.05) is 31.2 Å². The van der Waals surface area contributed by atoms with E-state index in [0.29, 0.717) is 18.2 Å². The number of likely N-dealkylation sites (tertiary alicyclic amines) is 1. The Morgan fingerprint density at radius 2 is 1.80 bits per heavy atom. The highest BCUT2D eigenvalue weighted by Gasteiger charge is 2.59. The van der Waals surface area contributed by atoms with E-state index in [9.17, 15) is 4.79 Å². The van der Waals surface area contributed by atoms with E-state index >= 15 is 0 Å². The highest BCUT2D eigenvalue weighted by Crippen LogP contribution is 2.46. The number of ketones is 1. The lowest BCUT2D eigenvalue weighted by molar-refractivity contribution is 0.0674. The molecule has 3 N–H and O–H groups in total. The molecular weight excluding hydrogens is 454 g/mol. The van der Waals surface area contributed by atoms with E-state index < -0.39 is 5.41 Å². The van der Waals surface area contributed by atoms with Gasteiger partial charge in [-0.15, -0.1) is 0 Å². The number of H-pyrrole nitrogens is 1. The lowest BCUT2D eigenvalue weighted by atomic mass is 9.62. The summed E-state index contributed by atoms with van der Waals surface area (Å²) in [4.78, 5) is 20.5. The first-order valence-electron chi connectivity index (χ1n) is 13.0. The summed E-state index contributed by atoms with van der Waals surface area (Å²) in [6.07, 6.45) is 6.40. The maximum atomic E-state index is 14.5. The van der Waals surface area contributed by atoms with Gasteiger partial charge in [-0.2, -0.15) is 11.8 Å². The van der Waals surface area contributed by atoms with Gasteiger partial charge in [0.1, 0.15) is 5.41 Å². The van der Waals surface area contributed by atoms with Crippen LogP contribution in [0.25, 0.3) is 10.9 Å². The van der Waals surface area contributed by atoms with Crippen molar-refractivity contribution in [3.05, 3.63) is 71.9 Å². The topological polar surface area (TPSA) is 74.6 Å². The number of epoxide rings is 1. The first-order valence-corrected chi connectivity index (χ1v) is 14.2. The summed E-state index contributed by atoms with van der Waals surface area (Å²) >= 11 is 2.08. The lowest BCUT2D eigenvalue weighted by Crippen LogP contribution is -2.60. The van der Waals surface area contributed by atoms with Crippen molar-refractivity contribution in [1.82, 2.24) is 9.88 Å². The summed E-state index contributed by atoms with van der Waals surface area (Å²) in [6, 6.07) is 18.6. The van der Waals surface area contributed by atoms with Crippen LogP contribution in [0, 0.1) is 5.92 Å². The number of ether oxygens (including phenoxy) is 1. The van der Waals surface area contributed by atoms with Gasteiger partial charge in [-0.25, -0.2) is 0 Å². The number of fused-ring (bicyclic) bond motifs is 1. The number of hydrogen-bond donors (Lipinski definition) is 2. The van der Waals surface area contributed by atoms with Crippen molar-refractivity contribution in [2.24, 2.45) is 11.7 Å². The summed E-state index contributed by atoms with van der Waals surface area (Å²) in [5, 5.41) is 1.10. The van der Waals surface area contributed by atoms with Crippen LogP contribution in [0.4, 0.5) is 0 Å². The summed E-state index contributed by atoms with van der Waals surface area (Å²) in [6.45, 7) is 2.73. The van der Waals surface area contributed by atoms with Crippen molar-refractivity contribution in [3.63, 3.8) is 0 Å². The van der Waals surface area contributed by atoms with Gasteiger partial charge in [-0.05, 0) is 79.3 Å². The fourth-order valence-electron chi connectivity index (χ4n) is 6.54. The van der Waals surface area contributed by atoms with Crippen LogP contribution in [0.15, 0.2) is 60.8 Å². The smallest absolute Gasteiger partial charge is 0.177 e. The van der Waals surface area contributed by atoms with E-state index in [-0.39, 0.29) is 23.8 Å². The van der Waals surface area contributed by atoms with E-state index in [0.717, 1.165) is 42.4 Å². The minimum atomic E-state index is -0.879. The highest BCUT2D eigenvalue weighted by molar-refractivity contribution is 7.99. The second-order valence-corrected chi connectivity index (χ2v) is 11.6. The Hall–Kier alpha value is -2.12. The molecule has 3 saturated heterocycles. The largest absolute Gasteiger partial charge is 0.372 e. The molecule has 0 radical (unpaired) electrons. The zero-order valence-electron chi connectivity index (χ0n) is 20.2. The fourth-order valence-corrected chi connectivity index (χ4v) is 7.62. The van der Waals surface area contributed by atoms with E-state index in [1.165, 1.54) is 24.3 Å². The van der Waals surface area contributed by atoms with Gasteiger partial charge in [-0.1, -0.05) is 42.5 Å². The number of aromatic nitrogens is 1. The number of piperidine rings is 1. The third kappa shape index (κ3) is 4.25. The van der Waals surface area contributed by atoms with Gasteiger partial charge < -0.3 is 20.4 Å². The molecule has 2 aromatic carbocycles. The molecule has 0 amide bonds. The first kappa shape index (κ1) is 23.3. The van der Waals surface area contributed by atoms with E-state index in [2.05, 4.69) is 33.8 Å². The molecule has 3 aliphatic heterocycles. The third-order valence-corrected chi connectivity index (χ3v) is 9.65. The molecule has 35 heavy (non-hydrogen) atoms. The van der Waals surface area contributed by atoms with Crippen molar-refractivity contribution >= 4 is 28.4 Å². The Labute approximate surface area is 211 Å². The molecule has 3 aromatic rings. The molecule has 0 saturated carbocycles. The molecule has 3 atom stereocenters. The van der Waals surface area contributed by atoms with Crippen LogP contribution < -0.4 is 5.73 Å². The van der Waals surface area contributed by atoms with Crippen molar-refractivity contribution in [3.8, 4) is 0 Å². The number of carbonyl (C=O) groups is 1. The van der Waals surface area contributed by atoms with Gasteiger partial charge in [0.2, 0.25) is 0 Å². The van der Waals surface area contributed by atoms with Gasteiger partial charge in [0.05, 0.1) is 12.7 Å². The number of carbonyl (C=O) groups excluding carboxylic acids is 1. The lowest BCUT2D eigenvalue weighted by Gasteiger charge is -2.45. The minimum Gasteiger partial charge on any atom is -0.372 e. The number of hydrogen-bond acceptors (Lipinski definition) is 5. The average molecular weight is 490 g/mol. The number of nitrogens with zero attached hydrogens (tertiary/aromatic N) is 1. The van der Waals surface area contributed by atoms with Crippen molar-refractivity contribution < 1.29 is 9.53 Å². The SMILES string of the molecule is NC(C1CCN(C2CCSCC2)CC1)C(C(=O)c1ccc2cc[nH]c2c1)(c1ccccc1)C1CO1. The average Bonchev–Trinajstić information content (AvgIpc) is 3.66. The van der Waals surface area contributed by atoms with E-state index in [1.807, 2.05) is 48.7 Å². The molecule has 3 aliphatic rings. The van der Waals surface area contributed by atoms with Crippen LogP contribution in [-0.2, 0) is 10.2 Å². The molecule has 6 heteroatoms. The fraction of sp³-hybridized carbons (Fsp3) is 0.483. The van der Waals surface area contributed by atoms with Crippen LogP contribution in [0.1, 0.15) is 41.6 Å². The van der Waals surface area contributed by atoms with Gasteiger partial charge in [0.15, 0.2) is 5.78 Å². The van der Waals surface area contributed by atoms with Gasteiger partial charge >= 0.3 is 0 Å². The van der Waals surface area contributed by atoms with Crippen LogP contribution >= 0.6 is 11.8 Å². The summed E-state index contributed by atoms with van der Waals surface area (Å²) in [5.74, 6) is 2.92. The molecule has 3 fully saturated rings. The number of aromatic amines is 1. The number of nitrogens with two attached hydrogens (primary N) is 1. The number of nitrogens with one attached hydrogen (secondary N) is 1. The van der Waals surface area contributed by atoms with Crippen LogP contribution in [0.5, 0.6) is 0 Å². The van der Waals surface area contributed by atoms with E-state index in [4.69, 9.17) is 10.5 Å². The van der Waals surface area contributed by atoms with E-state index in [1.54, 1.807) is 0 Å². The Balaban J connectivity index is 1.33. The summed E-state index contributed by atoms with van der Waals surface area (Å²) < 4.78 is 5.95. The monoisotopic (exact) mass is 489 g/mol. The maximum absolute atomic E-state index is 14.5. The molecule has 0 aliphatic carbocycles. The quantitative estimate of drug-likeness (QED) is 0.374. The highest BCUT2D eigenvalue weighted by atomic mass is 32.2. The Bertz CT molecular complexity index is 1160. The number of thioether (sulfide) groups is 1. The van der Waals surface area contributed by atoms with Gasteiger partial charge in [0.25, 0.3) is 0 Å². The summed E-state index contributed by atoms with van der Waals surface area (Å²) in [5.41, 5.74) is 9.01. The number of Topliss-reactive ketones (excluding diaryl/α,β-unsaturated/α-hetero) is 1. The van der Waals surface area contributed by atoms with Crippen molar-refractivity contribution in [2.45, 2.75) is 49.3 Å². The Kier molecular flexibility index (Phi) is 6.48. The van der Waals surface area contributed by atoms with Crippen molar-refractivity contribution in [1.29, 1.82) is 0 Å². The zero-order chi connectivity index (χ0) is 23.8. The molecule has 6 rings (SSSR count). The maximum Gasteiger partial charge on any atom is 0.177 e. The van der Waals surface area contributed by atoms with Crippen LogP contribution in [0.2, 0.25) is 0 Å². The molecule has 5 nitrogen and oxygen atoms in total. The van der Waals surface area contributed by atoms with Gasteiger partial charge in [0, 0.05) is 29.4 Å². The third-order valence-electron chi connectivity index (χ3n) is 8.60. The number of benzene rings is 2. The molecule has 1 aromatic heterocycles. The van der Waals surface area contributed by atoms with Crippen LogP contribution in [-0.4, -0.2) is 65.1 Å². The normalized spacial score (nSPS) is 24.8. The van der Waals surface area contributed by atoms with Crippen LogP contribution in [0.3, 0.4) is 0 Å². The molecular formula is C29H35N3O2S. The summed E-state index contributed by atoms with van der Waals surface area (Å²) in [7, 11) is 0. The minimum absolute atomic E-state index is 0.0851.